The van der Waals surface area contributed by atoms with Crippen LogP contribution in [0.3, 0.4) is 0 Å². The molecule has 0 aliphatic heterocycles. The summed E-state index contributed by atoms with van der Waals surface area (Å²) in [5, 5.41) is 0.664. The third-order valence-electron chi connectivity index (χ3n) is 3.92. The van der Waals surface area contributed by atoms with Gasteiger partial charge in [0.25, 0.3) is 0 Å². The van der Waals surface area contributed by atoms with Gasteiger partial charge in [0.1, 0.15) is 5.75 Å². The molecule has 0 aliphatic carbocycles. The first kappa shape index (κ1) is 18.5. The van der Waals surface area contributed by atoms with Crippen molar-refractivity contribution in [2.24, 2.45) is 0 Å². The van der Waals surface area contributed by atoms with Gasteiger partial charge in [-0.2, -0.15) is 0 Å². The minimum absolute atomic E-state index is 0.0930. The maximum atomic E-state index is 12.6. The van der Waals surface area contributed by atoms with E-state index in [1.807, 2.05) is 54.6 Å². The molecule has 0 spiro atoms. The fourth-order valence-corrected chi connectivity index (χ4v) is 2.58. The van der Waals surface area contributed by atoms with Gasteiger partial charge in [0, 0.05) is 21.7 Å². The highest BCUT2D eigenvalue weighted by molar-refractivity contribution is 6.30. The number of ketones is 1. The summed E-state index contributed by atoms with van der Waals surface area (Å²) in [5.74, 6) is 6.87. The smallest absolute Gasteiger partial charge is 0.187 e. The van der Waals surface area contributed by atoms with E-state index in [2.05, 4.69) is 11.8 Å². The molecule has 132 valence electrons. The molecule has 0 aliphatic rings. The van der Waals surface area contributed by atoms with Gasteiger partial charge in [-0.05, 0) is 60.2 Å². The maximum absolute atomic E-state index is 12.6. The van der Waals surface area contributed by atoms with Crippen molar-refractivity contribution in [1.82, 2.24) is 0 Å². The molecule has 3 heteroatoms. The zero-order valence-corrected chi connectivity index (χ0v) is 15.5. The molecule has 0 saturated carbocycles. The summed E-state index contributed by atoms with van der Waals surface area (Å²) in [7, 11) is 1.63. The van der Waals surface area contributed by atoms with Crippen LogP contribution < -0.4 is 4.74 Å². The van der Waals surface area contributed by atoms with Crippen LogP contribution >= 0.6 is 11.6 Å². The summed E-state index contributed by atoms with van der Waals surface area (Å²) in [5.41, 5.74) is 3.03. The number of carbonyl (C=O) groups excluding carboxylic acids is 1. The van der Waals surface area contributed by atoms with E-state index in [9.17, 15) is 4.79 Å². The lowest BCUT2D eigenvalue weighted by atomic mass is 10.0. The van der Waals surface area contributed by atoms with Crippen LogP contribution in [-0.4, -0.2) is 12.9 Å². The van der Waals surface area contributed by atoms with E-state index < -0.39 is 0 Å². The van der Waals surface area contributed by atoms with Gasteiger partial charge >= 0.3 is 0 Å². The molecule has 0 amide bonds. The minimum atomic E-state index is -0.0930. The third-order valence-corrected chi connectivity index (χ3v) is 4.17. The molecule has 2 nitrogen and oxygen atoms in total. The number of ether oxygens (including phenoxy) is 1. The van der Waals surface area contributed by atoms with Crippen molar-refractivity contribution in [1.29, 1.82) is 0 Å². The fraction of sp³-hybridized carbons (Fsp3) is 0.0417. The molecule has 0 unspecified atom stereocenters. The topological polar surface area (TPSA) is 26.3 Å². The van der Waals surface area contributed by atoms with Crippen LogP contribution in [0.25, 0.3) is 6.08 Å². The average molecular weight is 373 g/mol. The van der Waals surface area contributed by atoms with Crippen LogP contribution in [0, 0.1) is 11.8 Å². The summed E-state index contributed by atoms with van der Waals surface area (Å²) in [6, 6.07) is 22.1. The standard InChI is InChI=1S/C24H17ClO2/c1-27-22-15-9-18(10-16-22)6-12-20-4-2-3-5-23(20)24(26)17-11-19-7-13-21(25)14-8-19/h2-5,7-11,13-17H,1H3/b17-11+. The van der Waals surface area contributed by atoms with Crippen LogP contribution in [0.1, 0.15) is 27.0 Å². The van der Waals surface area contributed by atoms with E-state index in [-0.39, 0.29) is 5.78 Å². The molecule has 0 saturated heterocycles. The van der Waals surface area contributed by atoms with Crippen LogP contribution in [0.5, 0.6) is 5.75 Å². The van der Waals surface area contributed by atoms with Crippen molar-refractivity contribution in [2.45, 2.75) is 0 Å². The van der Waals surface area contributed by atoms with Crippen LogP contribution in [-0.2, 0) is 0 Å². The second-order valence-corrected chi connectivity index (χ2v) is 6.21. The van der Waals surface area contributed by atoms with Gasteiger partial charge in [0.05, 0.1) is 7.11 Å². The van der Waals surface area contributed by atoms with Crippen LogP contribution in [0.15, 0.2) is 78.9 Å². The van der Waals surface area contributed by atoms with Gasteiger partial charge in [0.2, 0.25) is 0 Å². The summed E-state index contributed by atoms with van der Waals surface area (Å²) in [6.07, 6.45) is 3.32. The second-order valence-electron chi connectivity index (χ2n) is 5.77. The van der Waals surface area contributed by atoms with Gasteiger partial charge in [-0.1, -0.05) is 53.8 Å². The lowest BCUT2D eigenvalue weighted by Gasteiger charge is -2.01. The van der Waals surface area contributed by atoms with E-state index in [0.717, 1.165) is 16.9 Å². The molecule has 3 rings (SSSR count). The van der Waals surface area contributed by atoms with Gasteiger partial charge in [0.15, 0.2) is 5.78 Å². The van der Waals surface area contributed by atoms with Gasteiger partial charge < -0.3 is 4.74 Å². The van der Waals surface area contributed by atoms with Gasteiger partial charge in [-0.15, -0.1) is 0 Å². The van der Waals surface area contributed by atoms with Crippen molar-refractivity contribution in [3.63, 3.8) is 0 Å². The lowest BCUT2D eigenvalue weighted by Crippen LogP contribution is -1.98. The molecular weight excluding hydrogens is 356 g/mol. The Labute approximate surface area is 164 Å². The molecule has 3 aromatic rings. The highest BCUT2D eigenvalue weighted by Gasteiger charge is 2.06. The SMILES string of the molecule is COc1ccc(C#Cc2ccccc2C(=O)/C=C/c2ccc(Cl)cc2)cc1. The number of rotatable bonds is 4. The summed E-state index contributed by atoms with van der Waals surface area (Å²) < 4.78 is 5.14. The second kappa shape index (κ2) is 8.89. The fourth-order valence-electron chi connectivity index (χ4n) is 2.46. The Morgan fingerprint density at radius 1 is 0.926 bits per heavy atom. The summed E-state index contributed by atoms with van der Waals surface area (Å²) in [4.78, 5) is 12.6. The number of allylic oxidation sites excluding steroid dienone is 1. The average Bonchev–Trinajstić information content (AvgIpc) is 2.72. The normalized spacial score (nSPS) is 10.3. The van der Waals surface area contributed by atoms with E-state index >= 15 is 0 Å². The Hall–Kier alpha value is -3.28. The zero-order valence-electron chi connectivity index (χ0n) is 14.8. The van der Waals surface area contributed by atoms with E-state index in [4.69, 9.17) is 16.3 Å². The molecule has 3 aromatic carbocycles. The van der Waals surface area contributed by atoms with Crippen molar-refractivity contribution in [2.75, 3.05) is 7.11 Å². The number of hydrogen-bond acceptors (Lipinski definition) is 2. The molecule has 0 fully saturated rings. The molecule has 27 heavy (non-hydrogen) atoms. The van der Waals surface area contributed by atoms with Crippen molar-refractivity contribution >= 4 is 23.5 Å². The molecule has 0 atom stereocenters. The monoisotopic (exact) mass is 372 g/mol. The summed E-state index contributed by atoms with van der Waals surface area (Å²) in [6.45, 7) is 0. The van der Waals surface area contributed by atoms with Crippen molar-refractivity contribution in [3.8, 4) is 17.6 Å². The van der Waals surface area contributed by atoms with Crippen molar-refractivity contribution < 1.29 is 9.53 Å². The molecule has 0 heterocycles. The van der Waals surface area contributed by atoms with Gasteiger partial charge in [-0.25, -0.2) is 0 Å². The number of carbonyl (C=O) groups is 1. The molecular formula is C24H17ClO2. The number of benzene rings is 3. The third kappa shape index (κ3) is 5.10. The molecule has 0 radical (unpaired) electrons. The first-order chi connectivity index (χ1) is 13.2. The highest BCUT2D eigenvalue weighted by Crippen LogP contribution is 2.14. The number of methoxy groups -OCH3 is 1. The Morgan fingerprint density at radius 3 is 2.33 bits per heavy atom. The van der Waals surface area contributed by atoms with Crippen LogP contribution in [0.2, 0.25) is 5.02 Å². The predicted octanol–water partition coefficient (Wildman–Crippen LogP) is 5.64. The van der Waals surface area contributed by atoms with E-state index in [1.165, 1.54) is 0 Å². The van der Waals surface area contributed by atoms with E-state index in [0.29, 0.717) is 16.1 Å². The molecule has 0 N–H and O–H groups in total. The van der Waals surface area contributed by atoms with E-state index in [1.54, 1.807) is 37.5 Å². The first-order valence-corrected chi connectivity index (χ1v) is 8.76. The Bertz CT molecular complexity index is 1020. The number of halogens is 1. The maximum Gasteiger partial charge on any atom is 0.187 e. The largest absolute Gasteiger partial charge is 0.497 e. The Morgan fingerprint density at radius 2 is 1.63 bits per heavy atom. The Balaban J connectivity index is 1.82. The summed E-state index contributed by atoms with van der Waals surface area (Å²) >= 11 is 5.88. The molecule has 0 bridgehead atoms. The Kier molecular flexibility index (Phi) is 6.10. The minimum Gasteiger partial charge on any atom is -0.497 e. The lowest BCUT2D eigenvalue weighted by molar-refractivity contribution is 0.104. The van der Waals surface area contributed by atoms with Gasteiger partial charge in [-0.3, -0.25) is 4.79 Å². The van der Waals surface area contributed by atoms with Crippen molar-refractivity contribution in [3.05, 3.63) is 106 Å². The first-order valence-electron chi connectivity index (χ1n) is 8.39. The highest BCUT2D eigenvalue weighted by atomic mass is 35.5. The quantitative estimate of drug-likeness (QED) is 0.336. The molecule has 0 aromatic heterocycles. The predicted molar refractivity (Wildman–Crippen MR) is 110 cm³/mol. The van der Waals surface area contributed by atoms with Crippen LogP contribution in [0.4, 0.5) is 0 Å². The zero-order chi connectivity index (χ0) is 19.1. The number of hydrogen-bond donors (Lipinski definition) is 0.